The minimum absolute atomic E-state index is 0.348. The molecule has 0 saturated carbocycles. The Labute approximate surface area is 137 Å². The van der Waals surface area contributed by atoms with E-state index in [1.807, 2.05) is 19.9 Å². The minimum Gasteiger partial charge on any atom is -0.312 e. The zero-order valence-corrected chi connectivity index (χ0v) is 15.0. The van der Waals surface area contributed by atoms with Crippen molar-refractivity contribution in [1.29, 1.82) is 0 Å². The lowest BCUT2D eigenvalue weighted by Gasteiger charge is -2.07. The third-order valence-corrected chi connectivity index (χ3v) is 6.02. The molecule has 0 atom stereocenters. The van der Waals surface area contributed by atoms with Crippen molar-refractivity contribution in [2.24, 2.45) is 0 Å². The lowest BCUT2D eigenvalue weighted by molar-refractivity contribution is 0.601. The van der Waals surface area contributed by atoms with Crippen LogP contribution in [0.25, 0.3) is 0 Å². The van der Waals surface area contributed by atoms with Crippen LogP contribution in [0, 0.1) is 6.92 Å². The van der Waals surface area contributed by atoms with Gasteiger partial charge in [0.25, 0.3) is 10.0 Å². The molecule has 4 nitrogen and oxygen atoms in total. The Morgan fingerprint density at radius 1 is 1.29 bits per heavy atom. The van der Waals surface area contributed by atoms with Gasteiger partial charge in [0.1, 0.15) is 4.90 Å². The number of hydrogen-bond donors (Lipinski definition) is 2. The second-order valence-corrected chi connectivity index (χ2v) is 8.44. The van der Waals surface area contributed by atoms with Gasteiger partial charge >= 0.3 is 0 Å². The SMILES string of the molecule is CCNCc1cc(S(=O)(=O)Nc2cccc(Br)c2)c(C)s1. The molecule has 21 heavy (non-hydrogen) atoms. The van der Waals surface area contributed by atoms with E-state index in [0.29, 0.717) is 17.1 Å². The lowest BCUT2D eigenvalue weighted by Crippen LogP contribution is -2.13. The van der Waals surface area contributed by atoms with Gasteiger partial charge in [-0.15, -0.1) is 11.3 Å². The summed E-state index contributed by atoms with van der Waals surface area (Å²) in [7, 11) is -3.55. The van der Waals surface area contributed by atoms with Gasteiger partial charge in [0, 0.05) is 26.5 Å². The largest absolute Gasteiger partial charge is 0.312 e. The first-order chi connectivity index (χ1) is 9.92. The Balaban J connectivity index is 2.25. The predicted octanol–water partition coefficient (Wildman–Crippen LogP) is 3.73. The summed E-state index contributed by atoms with van der Waals surface area (Å²) in [5, 5.41) is 3.20. The van der Waals surface area contributed by atoms with Crippen molar-refractivity contribution in [2.45, 2.75) is 25.3 Å². The number of anilines is 1. The minimum atomic E-state index is -3.55. The molecule has 2 N–H and O–H groups in total. The molecule has 0 saturated heterocycles. The number of halogens is 1. The molecule has 0 bridgehead atoms. The highest BCUT2D eigenvalue weighted by Crippen LogP contribution is 2.28. The molecule has 0 aliphatic carbocycles. The molecule has 0 amide bonds. The molecule has 0 radical (unpaired) electrons. The van der Waals surface area contributed by atoms with Gasteiger partial charge in [-0.05, 0) is 37.7 Å². The number of hydrogen-bond acceptors (Lipinski definition) is 4. The highest BCUT2D eigenvalue weighted by molar-refractivity contribution is 9.10. The van der Waals surface area contributed by atoms with Crippen molar-refractivity contribution in [1.82, 2.24) is 5.32 Å². The molecule has 7 heteroatoms. The molecule has 1 heterocycles. The molecule has 114 valence electrons. The van der Waals surface area contributed by atoms with Crippen LogP contribution in [0.1, 0.15) is 16.7 Å². The third-order valence-electron chi connectivity index (χ3n) is 2.84. The van der Waals surface area contributed by atoms with Gasteiger partial charge in [-0.25, -0.2) is 8.42 Å². The molecule has 0 spiro atoms. The molecule has 0 aliphatic heterocycles. The van der Waals surface area contributed by atoms with E-state index in [-0.39, 0.29) is 0 Å². The Kier molecular flexibility index (Phi) is 5.43. The molecular formula is C14H17BrN2O2S2. The lowest BCUT2D eigenvalue weighted by atomic mass is 10.3. The van der Waals surface area contributed by atoms with Crippen LogP contribution < -0.4 is 10.0 Å². The molecule has 2 aromatic rings. The van der Waals surface area contributed by atoms with Gasteiger partial charge in [0.05, 0.1) is 0 Å². The van der Waals surface area contributed by atoms with E-state index >= 15 is 0 Å². The van der Waals surface area contributed by atoms with Gasteiger partial charge in [-0.2, -0.15) is 0 Å². The summed E-state index contributed by atoms with van der Waals surface area (Å²) in [6, 6.07) is 8.84. The van der Waals surface area contributed by atoms with Crippen LogP contribution in [-0.4, -0.2) is 15.0 Å². The van der Waals surface area contributed by atoms with Crippen molar-refractivity contribution in [2.75, 3.05) is 11.3 Å². The number of aryl methyl sites for hydroxylation is 1. The predicted molar refractivity (Wildman–Crippen MR) is 91.4 cm³/mol. The second-order valence-electron chi connectivity index (χ2n) is 4.53. The fourth-order valence-corrected chi connectivity index (χ4v) is 4.94. The topological polar surface area (TPSA) is 58.2 Å². The first-order valence-corrected chi connectivity index (χ1v) is 9.60. The smallest absolute Gasteiger partial charge is 0.263 e. The average molecular weight is 389 g/mol. The maximum absolute atomic E-state index is 12.5. The summed E-state index contributed by atoms with van der Waals surface area (Å²) in [4.78, 5) is 2.16. The zero-order valence-electron chi connectivity index (χ0n) is 11.8. The van der Waals surface area contributed by atoms with Crippen LogP contribution in [0.3, 0.4) is 0 Å². The first-order valence-electron chi connectivity index (χ1n) is 6.51. The quantitative estimate of drug-likeness (QED) is 0.792. The van der Waals surface area contributed by atoms with Gasteiger partial charge in [-0.3, -0.25) is 4.72 Å². The summed E-state index contributed by atoms with van der Waals surface area (Å²) >= 11 is 4.84. The van der Waals surface area contributed by atoms with E-state index in [1.54, 1.807) is 24.3 Å². The van der Waals surface area contributed by atoms with E-state index in [4.69, 9.17) is 0 Å². The van der Waals surface area contributed by atoms with E-state index in [0.717, 1.165) is 20.8 Å². The number of thiophene rings is 1. The molecule has 0 unspecified atom stereocenters. The van der Waals surface area contributed by atoms with Gasteiger partial charge in [0.2, 0.25) is 0 Å². The van der Waals surface area contributed by atoms with Crippen LogP contribution in [0.4, 0.5) is 5.69 Å². The molecule has 0 aliphatic rings. The maximum Gasteiger partial charge on any atom is 0.263 e. The number of nitrogens with one attached hydrogen (secondary N) is 2. The van der Waals surface area contributed by atoms with Crippen molar-refractivity contribution in [3.63, 3.8) is 0 Å². The number of rotatable bonds is 6. The van der Waals surface area contributed by atoms with E-state index in [2.05, 4.69) is 26.0 Å². The molecule has 1 aromatic heterocycles. The molecule has 1 aromatic carbocycles. The second kappa shape index (κ2) is 6.91. The van der Waals surface area contributed by atoms with Gasteiger partial charge < -0.3 is 5.32 Å². The summed E-state index contributed by atoms with van der Waals surface area (Å²) in [5.41, 5.74) is 0.545. The average Bonchev–Trinajstić information content (AvgIpc) is 2.78. The van der Waals surface area contributed by atoms with Crippen LogP contribution in [0.15, 0.2) is 39.7 Å². The van der Waals surface area contributed by atoms with Crippen LogP contribution in [0.5, 0.6) is 0 Å². The summed E-state index contributed by atoms with van der Waals surface area (Å²) in [5.74, 6) is 0. The molecule has 0 fully saturated rings. The summed E-state index contributed by atoms with van der Waals surface area (Å²) in [6.45, 7) is 5.40. The summed E-state index contributed by atoms with van der Waals surface area (Å²) in [6.07, 6.45) is 0. The Morgan fingerprint density at radius 3 is 2.71 bits per heavy atom. The third kappa shape index (κ3) is 4.29. The fourth-order valence-electron chi connectivity index (χ4n) is 1.89. The maximum atomic E-state index is 12.5. The van der Waals surface area contributed by atoms with Crippen molar-refractivity contribution < 1.29 is 8.42 Å². The zero-order chi connectivity index (χ0) is 15.5. The number of sulfonamides is 1. The van der Waals surface area contributed by atoms with Gasteiger partial charge in [-0.1, -0.05) is 28.9 Å². The molecule has 2 rings (SSSR count). The van der Waals surface area contributed by atoms with E-state index in [9.17, 15) is 8.42 Å². The van der Waals surface area contributed by atoms with Gasteiger partial charge in [0.15, 0.2) is 0 Å². The standard InChI is InChI=1S/C14H17BrN2O2S2/c1-3-16-9-13-8-14(10(2)20-13)21(18,19)17-12-6-4-5-11(15)7-12/h4-8,16-17H,3,9H2,1-2H3. The van der Waals surface area contributed by atoms with Crippen LogP contribution in [-0.2, 0) is 16.6 Å². The number of benzene rings is 1. The van der Waals surface area contributed by atoms with Crippen LogP contribution in [0.2, 0.25) is 0 Å². The monoisotopic (exact) mass is 388 g/mol. The van der Waals surface area contributed by atoms with E-state index in [1.165, 1.54) is 11.3 Å². The van der Waals surface area contributed by atoms with Crippen molar-refractivity contribution in [3.05, 3.63) is 44.6 Å². The van der Waals surface area contributed by atoms with Crippen LogP contribution >= 0.6 is 27.3 Å². The highest BCUT2D eigenvalue weighted by atomic mass is 79.9. The fraction of sp³-hybridized carbons (Fsp3) is 0.286. The first kappa shape index (κ1) is 16.5. The highest BCUT2D eigenvalue weighted by Gasteiger charge is 2.20. The Bertz CT molecular complexity index is 726. The Morgan fingerprint density at radius 2 is 2.05 bits per heavy atom. The Hall–Kier alpha value is -0.890. The van der Waals surface area contributed by atoms with Crippen molar-refractivity contribution in [3.8, 4) is 0 Å². The van der Waals surface area contributed by atoms with E-state index < -0.39 is 10.0 Å². The molecular weight excluding hydrogens is 372 g/mol. The van der Waals surface area contributed by atoms with Crippen molar-refractivity contribution >= 4 is 43.0 Å². The summed E-state index contributed by atoms with van der Waals surface area (Å²) < 4.78 is 28.4. The normalized spacial score (nSPS) is 11.6.